The first-order chi connectivity index (χ1) is 11.2. The lowest BCUT2D eigenvalue weighted by molar-refractivity contribution is -0.117. The standard InChI is InChI=1S/C18H20N4O/c19-18(21-15-9-2-1-3-10-15)20-13-17(23)22-12-6-8-14-7-4-5-11-16(14)22/h1-5,7,9-11H,6,8,12-13H2,(H3,19,20,21). The molecular weight excluding hydrogens is 288 g/mol. The molecule has 0 radical (unpaired) electrons. The zero-order chi connectivity index (χ0) is 16.1. The molecule has 1 aliphatic heterocycles. The van der Waals surface area contributed by atoms with E-state index in [0.717, 1.165) is 30.8 Å². The molecule has 1 amide bonds. The Bertz CT molecular complexity index is 712. The molecule has 3 N–H and O–H groups in total. The molecule has 1 heterocycles. The Morgan fingerprint density at radius 3 is 2.70 bits per heavy atom. The first-order valence-electron chi connectivity index (χ1n) is 7.74. The van der Waals surface area contributed by atoms with Crippen LogP contribution in [0.5, 0.6) is 0 Å². The van der Waals surface area contributed by atoms with Crippen LogP contribution in [0, 0.1) is 0 Å². The largest absolute Gasteiger partial charge is 0.370 e. The van der Waals surface area contributed by atoms with Gasteiger partial charge in [-0.1, -0.05) is 36.4 Å². The van der Waals surface area contributed by atoms with Crippen molar-refractivity contribution in [1.82, 2.24) is 0 Å². The molecule has 23 heavy (non-hydrogen) atoms. The van der Waals surface area contributed by atoms with E-state index in [-0.39, 0.29) is 18.4 Å². The highest BCUT2D eigenvalue weighted by Crippen LogP contribution is 2.26. The fraction of sp³-hybridized carbons (Fsp3) is 0.222. The van der Waals surface area contributed by atoms with Crippen LogP contribution in [0.4, 0.5) is 11.4 Å². The number of hydrogen-bond acceptors (Lipinski definition) is 2. The Labute approximate surface area is 135 Å². The Hall–Kier alpha value is -2.82. The number of aryl methyl sites for hydroxylation is 1. The lowest BCUT2D eigenvalue weighted by Gasteiger charge is -2.29. The number of anilines is 2. The second-order valence-corrected chi connectivity index (χ2v) is 5.47. The van der Waals surface area contributed by atoms with E-state index in [4.69, 9.17) is 5.73 Å². The van der Waals surface area contributed by atoms with Crippen LogP contribution in [-0.2, 0) is 11.2 Å². The zero-order valence-electron chi connectivity index (χ0n) is 12.9. The summed E-state index contributed by atoms with van der Waals surface area (Å²) in [6.45, 7) is 0.775. The number of carbonyl (C=O) groups excluding carboxylic acids is 1. The van der Waals surface area contributed by atoms with Crippen molar-refractivity contribution in [1.29, 1.82) is 0 Å². The van der Waals surface area contributed by atoms with Gasteiger partial charge in [0.1, 0.15) is 6.54 Å². The van der Waals surface area contributed by atoms with Crippen LogP contribution in [0.25, 0.3) is 0 Å². The Balaban J connectivity index is 1.65. The molecule has 3 rings (SSSR count). The highest BCUT2D eigenvalue weighted by molar-refractivity contribution is 5.99. The number of guanidine groups is 1. The summed E-state index contributed by atoms with van der Waals surface area (Å²) in [5, 5.41) is 2.98. The summed E-state index contributed by atoms with van der Waals surface area (Å²) in [4.78, 5) is 18.4. The SMILES string of the molecule is NC(=NCC(=O)N1CCCc2ccccc21)Nc1ccccc1. The average Bonchev–Trinajstić information content (AvgIpc) is 2.60. The van der Waals surface area contributed by atoms with Crippen LogP contribution in [0.1, 0.15) is 12.0 Å². The van der Waals surface area contributed by atoms with Crippen molar-refractivity contribution in [3.8, 4) is 0 Å². The molecule has 0 saturated heterocycles. The van der Waals surface area contributed by atoms with Crippen molar-refractivity contribution in [2.75, 3.05) is 23.3 Å². The van der Waals surface area contributed by atoms with Crippen LogP contribution in [0.15, 0.2) is 59.6 Å². The molecule has 0 aliphatic carbocycles. The summed E-state index contributed by atoms with van der Waals surface area (Å²) in [5.74, 6) is 0.213. The first kappa shape index (κ1) is 15.1. The number of para-hydroxylation sites is 2. The molecule has 5 heteroatoms. The molecule has 0 saturated carbocycles. The van der Waals surface area contributed by atoms with Crippen molar-refractivity contribution in [3.63, 3.8) is 0 Å². The van der Waals surface area contributed by atoms with E-state index >= 15 is 0 Å². The van der Waals surface area contributed by atoms with E-state index < -0.39 is 0 Å². The minimum atomic E-state index is -0.0324. The van der Waals surface area contributed by atoms with Gasteiger partial charge in [0, 0.05) is 17.9 Å². The van der Waals surface area contributed by atoms with Gasteiger partial charge in [0.25, 0.3) is 0 Å². The number of amides is 1. The molecular formula is C18H20N4O. The van der Waals surface area contributed by atoms with E-state index in [1.165, 1.54) is 5.56 Å². The fourth-order valence-electron chi connectivity index (χ4n) is 2.74. The molecule has 2 aromatic carbocycles. The van der Waals surface area contributed by atoms with Crippen molar-refractivity contribution in [3.05, 3.63) is 60.2 Å². The third-order valence-corrected chi connectivity index (χ3v) is 3.84. The number of nitrogens with two attached hydrogens (primary N) is 1. The summed E-state index contributed by atoms with van der Waals surface area (Å²) in [6, 6.07) is 17.6. The molecule has 0 fully saturated rings. The van der Waals surface area contributed by atoms with Gasteiger partial charge in [-0.2, -0.15) is 0 Å². The van der Waals surface area contributed by atoms with Crippen LogP contribution < -0.4 is 16.0 Å². The Morgan fingerprint density at radius 1 is 1.13 bits per heavy atom. The maximum Gasteiger partial charge on any atom is 0.248 e. The summed E-state index contributed by atoms with van der Waals surface area (Å²) in [5.41, 5.74) is 8.91. The predicted octanol–water partition coefficient (Wildman–Crippen LogP) is 2.39. The summed E-state index contributed by atoms with van der Waals surface area (Å²) in [6.07, 6.45) is 1.99. The summed E-state index contributed by atoms with van der Waals surface area (Å²) < 4.78 is 0. The van der Waals surface area contributed by atoms with Crippen LogP contribution in [0.2, 0.25) is 0 Å². The maximum absolute atomic E-state index is 12.5. The van der Waals surface area contributed by atoms with E-state index in [2.05, 4.69) is 16.4 Å². The number of rotatable bonds is 3. The second kappa shape index (κ2) is 6.96. The van der Waals surface area contributed by atoms with Crippen LogP contribution >= 0.6 is 0 Å². The van der Waals surface area contributed by atoms with Crippen LogP contribution in [-0.4, -0.2) is 25.0 Å². The molecule has 118 valence electrons. The second-order valence-electron chi connectivity index (χ2n) is 5.47. The highest BCUT2D eigenvalue weighted by Gasteiger charge is 2.21. The number of hydrogen-bond donors (Lipinski definition) is 2. The third kappa shape index (κ3) is 3.69. The predicted molar refractivity (Wildman–Crippen MR) is 93.7 cm³/mol. The van der Waals surface area contributed by atoms with E-state index in [0.29, 0.717) is 0 Å². The number of nitrogens with zero attached hydrogens (tertiary/aromatic N) is 2. The van der Waals surface area contributed by atoms with Gasteiger partial charge in [-0.25, -0.2) is 4.99 Å². The quantitative estimate of drug-likeness (QED) is 0.675. The Morgan fingerprint density at radius 2 is 1.87 bits per heavy atom. The van der Waals surface area contributed by atoms with Gasteiger partial charge in [0.05, 0.1) is 0 Å². The minimum Gasteiger partial charge on any atom is -0.370 e. The zero-order valence-corrected chi connectivity index (χ0v) is 12.9. The van der Waals surface area contributed by atoms with E-state index in [1.54, 1.807) is 4.90 Å². The highest BCUT2D eigenvalue weighted by atomic mass is 16.2. The lowest BCUT2D eigenvalue weighted by atomic mass is 10.0. The van der Waals surface area contributed by atoms with Gasteiger partial charge in [0.2, 0.25) is 5.91 Å². The smallest absolute Gasteiger partial charge is 0.248 e. The fourth-order valence-corrected chi connectivity index (χ4v) is 2.74. The number of benzene rings is 2. The van der Waals surface area contributed by atoms with Gasteiger partial charge in [0.15, 0.2) is 5.96 Å². The van der Waals surface area contributed by atoms with Crippen molar-refractivity contribution >= 4 is 23.2 Å². The van der Waals surface area contributed by atoms with Gasteiger partial charge in [-0.05, 0) is 36.6 Å². The molecule has 5 nitrogen and oxygen atoms in total. The molecule has 2 aromatic rings. The number of carbonyl (C=O) groups is 1. The number of fused-ring (bicyclic) bond motifs is 1. The summed E-state index contributed by atoms with van der Waals surface area (Å²) in [7, 11) is 0. The number of aliphatic imine (C=N–C) groups is 1. The lowest BCUT2D eigenvalue weighted by Crippen LogP contribution is -2.37. The normalized spacial score (nSPS) is 14.3. The van der Waals surface area contributed by atoms with E-state index in [1.807, 2.05) is 48.5 Å². The molecule has 0 bridgehead atoms. The minimum absolute atomic E-state index is 0.0324. The van der Waals surface area contributed by atoms with Gasteiger partial charge in [-0.15, -0.1) is 0 Å². The van der Waals surface area contributed by atoms with Crippen molar-refractivity contribution in [2.24, 2.45) is 10.7 Å². The van der Waals surface area contributed by atoms with Crippen molar-refractivity contribution in [2.45, 2.75) is 12.8 Å². The molecule has 0 unspecified atom stereocenters. The molecule has 1 aliphatic rings. The topological polar surface area (TPSA) is 70.7 Å². The van der Waals surface area contributed by atoms with Crippen LogP contribution in [0.3, 0.4) is 0 Å². The maximum atomic E-state index is 12.5. The monoisotopic (exact) mass is 308 g/mol. The van der Waals surface area contributed by atoms with Crippen molar-refractivity contribution < 1.29 is 4.79 Å². The Kier molecular flexibility index (Phi) is 4.57. The number of nitrogens with one attached hydrogen (secondary N) is 1. The van der Waals surface area contributed by atoms with E-state index in [9.17, 15) is 4.79 Å². The molecule has 0 atom stereocenters. The third-order valence-electron chi connectivity index (χ3n) is 3.84. The van der Waals surface area contributed by atoms with Gasteiger partial charge in [-0.3, -0.25) is 4.79 Å². The summed E-state index contributed by atoms with van der Waals surface area (Å²) >= 11 is 0. The van der Waals surface area contributed by atoms with Gasteiger partial charge >= 0.3 is 0 Å². The molecule has 0 spiro atoms. The molecule has 0 aromatic heterocycles. The first-order valence-corrected chi connectivity index (χ1v) is 7.74. The average molecular weight is 308 g/mol. The van der Waals surface area contributed by atoms with Gasteiger partial charge < -0.3 is 16.0 Å².